The smallest absolute Gasteiger partial charge is 0.260 e. The molecule has 3 N–H and O–H groups in total. The lowest BCUT2D eigenvalue weighted by atomic mass is 9.85. The van der Waals surface area contributed by atoms with Gasteiger partial charge < -0.3 is 25.0 Å². The molecule has 256 valence electrons. The molecule has 0 bridgehead atoms. The van der Waals surface area contributed by atoms with E-state index in [-0.39, 0.29) is 29.2 Å². The zero-order chi connectivity index (χ0) is 33.8. The van der Waals surface area contributed by atoms with Crippen molar-refractivity contribution in [1.82, 2.24) is 25.2 Å². The van der Waals surface area contributed by atoms with Crippen LogP contribution in [0.15, 0.2) is 84.2 Å². The number of ether oxygens (including phenoxy) is 1. The molecule has 3 aliphatic rings. The van der Waals surface area contributed by atoms with Crippen LogP contribution in [-0.4, -0.2) is 49.8 Å². The van der Waals surface area contributed by atoms with E-state index in [9.17, 15) is 14.7 Å². The van der Waals surface area contributed by atoms with Crippen LogP contribution >= 0.6 is 0 Å². The first-order chi connectivity index (χ1) is 23.9. The van der Waals surface area contributed by atoms with Crippen LogP contribution in [0, 0.1) is 0 Å². The van der Waals surface area contributed by atoms with Crippen LogP contribution in [0.5, 0.6) is 5.75 Å². The number of nitrogens with zero attached hydrogens (tertiary/aromatic N) is 3. The first-order valence-electron chi connectivity index (χ1n) is 18.0. The number of fused-ring (bicyclic) bond motifs is 1. The van der Waals surface area contributed by atoms with E-state index in [4.69, 9.17) is 4.74 Å². The number of aromatic nitrogens is 3. The van der Waals surface area contributed by atoms with Gasteiger partial charge in [-0.2, -0.15) is 0 Å². The number of pyridine rings is 1. The normalized spacial score (nSPS) is 19.7. The Bertz CT molecular complexity index is 1800. The Morgan fingerprint density at radius 1 is 1.04 bits per heavy atom. The first-order valence-corrected chi connectivity index (χ1v) is 18.0. The Hall–Kier alpha value is -4.34. The lowest BCUT2D eigenvalue weighted by Gasteiger charge is -2.41. The van der Waals surface area contributed by atoms with Crippen LogP contribution in [0.1, 0.15) is 104 Å². The van der Waals surface area contributed by atoms with Gasteiger partial charge in [-0.05, 0) is 74.6 Å². The van der Waals surface area contributed by atoms with Crippen LogP contribution in [-0.2, 0) is 12.8 Å². The molecule has 0 radical (unpaired) electrons. The molecule has 2 saturated carbocycles. The number of amides is 1. The molecule has 0 saturated heterocycles. The molecule has 1 aliphatic heterocycles. The van der Waals surface area contributed by atoms with Crippen LogP contribution in [0.2, 0.25) is 0 Å². The minimum absolute atomic E-state index is 0.0283. The van der Waals surface area contributed by atoms with Crippen molar-refractivity contribution in [2.45, 2.75) is 107 Å². The number of hydrogen-bond donors (Lipinski definition) is 3. The summed E-state index contributed by atoms with van der Waals surface area (Å²) in [4.78, 5) is 36.3. The highest BCUT2D eigenvalue weighted by Crippen LogP contribution is 2.47. The quantitative estimate of drug-likeness (QED) is 0.178. The Morgan fingerprint density at radius 3 is 2.57 bits per heavy atom. The van der Waals surface area contributed by atoms with Gasteiger partial charge in [-0.1, -0.05) is 62.2 Å². The lowest BCUT2D eigenvalue weighted by Crippen LogP contribution is -2.50. The Morgan fingerprint density at radius 2 is 1.84 bits per heavy atom. The van der Waals surface area contributed by atoms with Crippen molar-refractivity contribution in [2.24, 2.45) is 0 Å². The van der Waals surface area contributed by atoms with Gasteiger partial charge in [0.1, 0.15) is 11.4 Å². The maximum atomic E-state index is 14.1. The van der Waals surface area contributed by atoms with Gasteiger partial charge in [-0.15, -0.1) is 0 Å². The molecule has 2 aromatic carbocycles. The van der Waals surface area contributed by atoms with Crippen molar-refractivity contribution in [1.29, 1.82) is 0 Å². The van der Waals surface area contributed by atoms with Crippen LogP contribution in [0.4, 0.5) is 0 Å². The fourth-order valence-corrected chi connectivity index (χ4v) is 8.06. The Labute approximate surface area is 288 Å². The summed E-state index contributed by atoms with van der Waals surface area (Å²) < 4.78 is 8.36. The molecule has 49 heavy (non-hydrogen) atoms. The number of carbonyl (C=O) groups excluding carboxylic acids is 1. The number of aryl methyl sites for hydroxylation is 1. The summed E-state index contributed by atoms with van der Waals surface area (Å²) in [6.45, 7) is 2.45. The van der Waals surface area contributed by atoms with Crippen LogP contribution in [0.25, 0.3) is 11.3 Å². The second-order valence-electron chi connectivity index (χ2n) is 14.1. The third-order valence-corrected chi connectivity index (χ3v) is 10.8. The zero-order valence-corrected chi connectivity index (χ0v) is 28.3. The summed E-state index contributed by atoms with van der Waals surface area (Å²) in [6.07, 6.45) is 16.0. The molecule has 1 unspecified atom stereocenters. The maximum Gasteiger partial charge on any atom is 0.260 e. The molecule has 7 rings (SSSR count). The third kappa shape index (κ3) is 7.33. The van der Waals surface area contributed by atoms with E-state index in [0.717, 1.165) is 81.1 Å². The minimum Gasteiger partial charge on any atom is -0.487 e. The molecular weight excluding hydrogens is 614 g/mol. The minimum atomic E-state index is -0.885. The van der Waals surface area contributed by atoms with Crippen molar-refractivity contribution in [3.05, 3.63) is 112 Å². The number of rotatable bonds is 11. The van der Waals surface area contributed by atoms with Crippen molar-refractivity contribution in [3.63, 3.8) is 0 Å². The first kappa shape index (κ1) is 33.2. The summed E-state index contributed by atoms with van der Waals surface area (Å²) in [5.74, 6) is 0.591. The molecule has 2 aliphatic carbocycles. The second kappa shape index (κ2) is 14.6. The molecule has 1 amide bonds. The number of nitrogens with one attached hydrogen (secondary N) is 2. The third-order valence-electron chi connectivity index (χ3n) is 10.8. The van der Waals surface area contributed by atoms with E-state index in [1.807, 2.05) is 30.3 Å². The zero-order valence-electron chi connectivity index (χ0n) is 28.3. The fraction of sp³-hybridized carbons (Fsp3) is 0.450. The van der Waals surface area contributed by atoms with Crippen LogP contribution < -0.4 is 20.9 Å². The van der Waals surface area contributed by atoms with Gasteiger partial charge >= 0.3 is 0 Å². The van der Waals surface area contributed by atoms with E-state index in [2.05, 4.69) is 45.7 Å². The van der Waals surface area contributed by atoms with Crippen molar-refractivity contribution < 1.29 is 14.6 Å². The number of hydrogen-bond acceptors (Lipinski definition) is 7. The van der Waals surface area contributed by atoms with Crippen molar-refractivity contribution in [3.8, 4) is 17.0 Å². The van der Waals surface area contributed by atoms with Crippen LogP contribution in [0.3, 0.4) is 0 Å². The van der Waals surface area contributed by atoms with Crippen molar-refractivity contribution in [2.75, 3.05) is 6.54 Å². The summed E-state index contributed by atoms with van der Waals surface area (Å²) in [5, 5.41) is 18.7. The molecule has 3 heterocycles. The van der Waals surface area contributed by atoms with E-state index < -0.39 is 12.1 Å². The SMILES string of the molecule is CCc1ccc2c(c1)C(NC[C@@H](O)[C@H](Cc1ccccc1)NC(=O)c1cc(-c3cnccn3)c(=O)n(C3CCCC3)c1)CC1(CCCC1)O2. The number of benzene rings is 2. The van der Waals surface area contributed by atoms with Crippen molar-refractivity contribution >= 4 is 5.91 Å². The molecule has 2 aromatic heterocycles. The predicted molar refractivity (Wildman–Crippen MR) is 190 cm³/mol. The summed E-state index contributed by atoms with van der Waals surface area (Å²) in [5.41, 5.74) is 4.20. The molecule has 2 fully saturated rings. The second-order valence-corrected chi connectivity index (χ2v) is 14.1. The molecular formula is C40H47N5O4. The van der Waals surface area contributed by atoms with Gasteiger partial charge in [0.25, 0.3) is 11.5 Å². The highest BCUT2D eigenvalue weighted by molar-refractivity contribution is 5.95. The van der Waals surface area contributed by atoms with Gasteiger partial charge in [0, 0.05) is 49.2 Å². The van der Waals surface area contributed by atoms with Gasteiger partial charge in [-0.25, -0.2) is 0 Å². The summed E-state index contributed by atoms with van der Waals surface area (Å²) in [6, 6.07) is 17.5. The largest absolute Gasteiger partial charge is 0.487 e. The topological polar surface area (TPSA) is 118 Å². The predicted octanol–water partition coefficient (Wildman–Crippen LogP) is 6.11. The average molecular weight is 662 g/mol. The monoisotopic (exact) mass is 661 g/mol. The molecule has 1 spiro atoms. The molecule has 9 heteroatoms. The standard InChI is InChI=1S/C40H47N5O4/c1-2-27-14-15-37-31(20-27)34(23-40(49-37)16-8-9-17-40)43-25-36(46)33(21-28-10-4-3-5-11-28)44-38(47)29-22-32(35-24-41-18-19-42-35)39(48)45(26-29)30-12-6-7-13-30/h3-5,10-11,14-15,18-20,22,24,26,30,33-34,36,43,46H,2,6-9,12-13,16-17,21,23,25H2,1H3,(H,44,47)/t33-,34?,36+/m0/s1. The van der Waals surface area contributed by atoms with Gasteiger partial charge in [-0.3, -0.25) is 19.6 Å². The number of carbonyl (C=O) groups is 1. The lowest BCUT2D eigenvalue weighted by molar-refractivity contribution is 0.0326. The van der Waals surface area contributed by atoms with Gasteiger partial charge in [0.15, 0.2) is 0 Å². The van der Waals surface area contributed by atoms with Gasteiger partial charge in [0.2, 0.25) is 0 Å². The van der Waals surface area contributed by atoms with E-state index in [1.165, 1.54) is 5.56 Å². The number of aliphatic hydroxyl groups is 1. The maximum absolute atomic E-state index is 14.1. The molecule has 4 aromatic rings. The Kier molecular flexibility index (Phi) is 9.91. The van der Waals surface area contributed by atoms with E-state index in [0.29, 0.717) is 29.8 Å². The molecule has 9 nitrogen and oxygen atoms in total. The summed E-state index contributed by atoms with van der Waals surface area (Å²) in [7, 11) is 0. The highest BCUT2D eigenvalue weighted by atomic mass is 16.5. The highest BCUT2D eigenvalue weighted by Gasteiger charge is 2.43. The molecule has 3 atom stereocenters. The Balaban J connectivity index is 1.15. The van der Waals surface area contributed by atoms with Gasteiger partial charge in [0.05, 0.1) is 35.2 Å². The fourth-order valence-electron chi connectivity index (χ4n) is 8.06. The summed E-state index contributed by atoms with van der Waals surface area (Å²) >= 11 is 0. The van der Waals surface area contributed by atoms with E-state index >= 15 is 0 Å². The number of aliphatic hydroxyl groups excluding tert-OH is 1. The average Bonchev–Trinajstić information content (AvgIpc) is 3.84. The van der Waals surface area contributed by atoms with E-state index in [1.54, 1.807) is 35.4 Å².